The van der Waals surface area contributed by atoms with Gasteiger partial charge in [-0.25, -0.2) is 4.98 Å². The summed E-state index contributed by atoms with van der Waals surface area (Å²) in [6.07, 6.45) is 3.18. The Morgan fingerprint density at radius 1 is 1.15 bits per heavy atom. The molecule has 4 heterocycles. The predicted octanol–water partition coefficient (Wildman–Crippen LogP) is 5.35. The summed E-state index contributed by atoms with van der Waals surface area (Å²) in [7, 11) is 0. The largest absolute Gasteiger partial charge is 0.463 e. The Labute approximate surface area is 206 Å². The number of anilines is 1. The van der Waals surface area contributed by atoms with Crippen LogP contribution in [0.3, 0.4) is 0 Å². The number of furan rings is 1. The van der Waals surface area contributed by atoms with Crippen LogP contribution in [0.15, 0.2) is 59.2 Å². The van der Waals surface area contributed by atoms with Crippen molar-refractivity contribution in [2.75, 3.05) is 18.0 Å². The van der Waals surface area contributed by atoms with E-state index in [1.807, 2.05) is 55.5 Å². The molecule has 1 aromatic carbocycles. The smallest absolute Gasteiger partial charge is 0.223 e. The lowest BCUT2D eigenvalue weighted by molar-refractivity contribution is -0.125. The fraction of sp³-hybridized carbons (Fsp3) is 0.280. The first-order chi connectivity index (χ1) is 16.6. The van der Waals surface area contributed by atoms with E-state index in [2.05, 4.69) is 25.4 Å². The third-order valence-corrected chi connectivity index (χ3v) is 7.55. The summed E-state index contributed by atoms with van der Waals surface area (Å²) in [6, 6.07) is 15.2. The number of halogens is 1. The molecule has 0 aliphatic carbocycles. The average molecular weight is 494 g/mol. The van der Waals surface area contributed by atoms with Gasteiger partial charge in [-0.05, 0) is 50.1 Å². The number of piperidine rings is 1. The molecule has 7 nitrogen and oxygen atoms in total. The van der Waals surface area contributed by atoms with Gasteiger partial charge >= 0.3 is 0 Å². The molecule has 5 rings (SSSR count). The molecule has 0 saturated carbocycles. The molecule has 0 bridgehead atoms. The number of carbonyl (C=O) groups excluding carboxylic acids is 1. The third-order valence-electron chi connectivity index (χ3n) is 6.03. The Morgan fingerprint density at radius 3 is 2.68 bits per heavy atom. The van der Waals surface area contributed by atoms with Crippen LogP contribution in [0.25, 0.3) is 22.0 Å². The van der Waals surface area contributed by atoms with Gasteiger partial charge in [0.05, 0.1) is 23.5 Å². The van der Waals surface area contributed by atoms with Crippen LogP contribution in [-0.4, -0.2) is 34.2 Å². The Hall–Kier alpha value is -3.23. The lowest BCUT2D eigenvalue weighted by atomic mass is 9.96. The summed E-state index contributed by atoms with van der Waals surface area (Å²) < 4.78 is 5.37. The number of nitrogens with one attached hydrogen (secondary N) is 1. The summed E-state index contributed by atoms with van der Waals surface area (Å²) in [5.41, 5.74) is 2.55. The maximum Gasteiger partial charge on any atom is 0.223 e. The molecule has 1 saturated heterocycles. The highest BCUT2D eigenvalue weighted by Gasteiger charge is 2.26. The topological polar surface area (TPSA) is 84.2 Å². The van der Waals surface area contributed by atoms with Crippen LogP contribution in [0, 0.1) is 12.8 Å². The SMILES string of the molecule is Cc1nc(-c2ccccc2Cl)sc1CNC(=O)C1CCN(c2ccc(-c3ccco3)nn2)CC1. The minimum absolute atomic E-state index is 0.0112. The van der Waals surface area contributed by atoms with Gasteiger partial charge in [-0.1, -0.05) is 29.8 Å². The Bertz CT molecular complexity index is 1260. The molecular weight excluding hydrogens is 470 g/mol. The number of hydrogen-bond donors (Lipinski definition) is 1. The van der Waals surface area contributed by atoms with E-state index in [9.17, 15) is 4.79 Å². The van der Waals surface area contributed by atoms with E-state index in [1.54, 1.807) is 17.6 Å². The van der Waals surface area contributed by atoms with E-state index in [4.69, 9.17) is 16.0 Å². The van der Waals surface area contributed by atoms with E-state index < -0.39 is 0 Å². The molecule has 4 aromatic rings. The second kappa shape index (κ2) is 9.95. The zero-order valence-corrected chi connectivity index (χ0v) is 20.3. The minimum Gasteiger partial charge on any atom is -0.463 e. The Balaban J connectivity index is 1.14. The lowest BCUT2D eigenvalue weighted by Gasteiger charge is -2.31. The summed E-state index contributed by atoms with van der Waals surface area (Å²) in [6.45, 7) is 3.98. The van der Waals surface area contributed by atoms with Gasteiger partial charge in [0.25, 0.3) is 0 Å². The molecule has 174 valence electrons. The quantitative estimate of drug-likeness (QED) is 0.389. The highest BCUT2D eigenvalue weighted by molar-refractivity contribution is 7.15. The van der Waals surface area contributed by atoms with Crippen molar-refractivity contribution in [3.05, 3.63) is 70.4 Å². The van der Waals surface area contributed by atoms with Crippen LogP contribution in [0.5, 0.6) is 0 Å². The summed E-state index contributed by atoms with van der Waals surface area (Å²) in [4.78, 5) is 20.7. The monoisotopic (exact) mass is 493 g/mol. The van der Waals surface area contributed by atoms with Gasteiger partial charge in [-0.15, -0.1) is 21.5 Å². The van der Waals surface area contributed by atoms with E-state index in [1.165, 1.54) is 0 Å². The van der Waals surface area contributed by atoms with Crippen molar-refractivity contribution in [2.45, 2.75) is 26.3 Å². The Kier molecular flexibility index (Phi) is 6.60. The number of rotatable bonds is 6. The molecule has 1 N–H and O–H groups in total. The summed E-state index contributed by atoms with van der Waals surface area (Å²) in [5.74, 6) is 1.60. The number of nitrogens with zero attached hydrogens (tertiary/aromatic N) is 4. The third kappa shape index (κ3) is 4.83. The molecule has 1 amide bonds. The number of thiazole rings is 1. The van der Waals surface area contributed by atoms with Crippen molar-refractivity contribution in [1.82, 2.24) is 20.5 Å². The standard InChI is InChI=1S/C25H24ClN5O2S/c1-16-22(34-25(28-16)18-5-2-3-6-19(18)26)15-27-24(32)17-10-12-31(13-11-17)23-9-8-20(29-30-23)21-7-4-14-33-21/h2-9,14,17H,10-13,15H2,1H3,(H,27,32). The minimum atomic E-state index is -0.0112. The fourth-order valence-corrected chi connectivity index (χ4v) is 5.40. The van der Waals surface area contributed by atoms with E-state index >= 15 is 0 Å². The second-order valence-corrected chi connectivity index (χ2v) is 9.73. The van der Waals surface area contributed by atoms with Crippen LogP contribution < -0.4 is 10.2 Å². The first kappa shape index (κ1) is 22.6. The molecule has 1 fully saturated rings. The number of aromatic nitrogens is 3. The van der Waals surface area contributed by atoms with Crippen LogP contribution in [-0.2, 0) is 11.3 Å². The van der Waals surface area contributed by atoms with Gasteiger partial charge in [-0.2, -0.15) is 0 Å². The number of carbonyl (C=O) groups is 1. The summed E-state index contributed by atoms with van der Waals surface area (Å²) >= 11 is 7.89. The van der Waals surface area contributed by atoms with Gasteiger partial charge in [0.1, 0.15) is 10.7 Å². The molecule has 0 spiro atoms. The molecule has 34 heavy (non-hydrogen) atoms. The predicted molar refractivity (Wildman–Crippen MR) is 134 cm³/mol. The second-order valence-electron chi connectivity index (χ2n) is 8.24. The normalized spacial score (nSPS) is 14.4. The van der Waals surface area contributed by atoms with Gasteiger partial charge in [0.2, 0.25) is 5.91 Å². The average Bonchev–Trinajstić information content (AvgIpc) is 3.53. The van der Waals surface area contributed by atoms with Crippen molar-refractivity contribution >= 4 is 34.7 Å². The van der Waals surface area contributed by atoms with Gasteiger partial charge < -0.3 is 14.6 Å². The highest BCUT2D eigenvalue weighted by atomic mass is 35.5. The van der Waals surface area contributed by atoms with Crippen LogP contribution in [0.4, 0.5) is 5.82 Å². The molecule has 1 aliphatic heterocycles. The first-order valence-corrected chi connectivity index (χ1v) is 12.4. The van der Waals surface area contributed by atoms with Crippen molar-refractivity contribution in [1.29, 1.82) is 0 Å². The molecule has 9 heteroatoms. The van der Waals surface area contributed by atoms with Crippen molar-refractivity contribution in [3.8, 4) is 22.0 Å². The first-order valence-electron chi connectivity index (χ1n) is 11.2. The van der Waals surface area contributed by atoms with E-state index in [0.717, 1.165) is 52.9 Å². The highest BCUT2D eigenvalue weighted by Crippen LogP contribution is 2.33. The molecule has 0 atom stereocenters. The number of benzene rings is 1. The van der Waals surface area contributed by atoms with Gasteiger partial charge in [0.15, 0.2) is 11.6 Å². The maximum atomic E-state index is 12.8. The summed E-state index contributed by atoms with van der Waals surface area (Å²) in [5, 5.41) is 13.3. The number of aryl methyl sites for hydroxylation is 1. The molecule has 0 radical (unpaired) electrons. The maximum absolute atomic E-state index is 12.8. The molecular formula is C25H24ClN5O2S. The van der Waals surface area contributed by atoms with E-state index in [0.29, 0.717) is 23.0 Å². The zero-order valence-electron chi connectivity index (χ0n) is 18.7. The van der Waals surface area contributed by atoms with Crippen LogP contribution >= 0.6 is 22.9 Å². The molecule has 0 unspecified atom stereocenters. The zero-order chi connectivity index (χ0) is 23.5. The van der Waals surface area contributed by atoms with Crippen LogP contribution in [0.1, 0.15) is 23.4 Å². The molecule has 3 aromatic heterocycles. The van der Waals surface area contributed by atoms with Crippen molar-refractivity contribution < 1.29 is 9.21 Å². The van der Waals surface area contributed by atoms with Crippen molar-refractivity contribution in [2.24, 2.45) is 5.92 Å². The van der Waals surface area contributed by atoms with Crippen LogP contribution in [0.2, 0.25) is 5.02 Å². The van der Waals surface area contributed by atoms with Crippen molar-refractivity contribution in [3.63, 3.8) is 0 Å². The Morgan fingerprint density at radius 2 is 1.97 bits per heavy atom. The van der Waals surface area contributed by atoms with E-state index in [-0.39, 0.29) is 11.8 Å². The van der Waals surface area contributed by atoms with Gasteiger partial charge in [-0.3, -0.25) is 4.79 Å². The number of amides is 1. The fourth-order valence-electron chi connectivity index (χ4n) is 4.07. The lowest BCUT2D eigenvalue weighted by Crippen LogP contribution is -2.40. The molecule has 1 aliphatic rings. The van der Waals surface area contributed by atoms with Gasteiger partial charge in [0, 0.05) is 29.4 Å². The number of hydrogen-bond acceptors (Lipinski definition) is 7.